The highest BCUT2D eigenvalue weighted by atomic mass is 79.9. The van der Waals surface area contributed by atoms with Crippen LogP contribution in [0.25, 0.3) is 5.57 Å². The van der Waals surface area contributed by atoms with E-state index < -0.39 is 17.6 Å². The molecule has 0 spiro atoms. The van der Waals surface area contributed by atoms with Gasteiger partial charge in [-0.2, -0.15) is 23.6 Å². The number of H-pyrrole nitrogens is 1. The number of allylic oxidation sites excluding steroid dienone is 2. The molecule has 1 aliphatic carbocycles. The van der Waals surface area contributed by atoms with E-state index in [0.29, 0.717) is 11.3 Å². The number of carbonyl (C=O) groups is 1. The van der Waals surface area contributed by atoms with Gasteiger partial charge in [0.1, 0.15) is 6.54 Å². The van der Waals surface area contributed by atoms with Gasteiger partial charge in [-0.05, 0) is 90.1 Å². The van der Waals surface area contributed by atoms with E-state index >= 15 is 0 Å². The zero-order chi connectivity index (χ0) is 31.8. The average molecular weight is 679 g/mol. The standard InChI is InChI=1S/C31H27BrF3N9O/c32-25-16-24(31(33,34)35)17-26(18-25)38-30(37-15-14-36)44(27-12-10-22(11-13-27)21-4-2-1-3-5-21)19-20-6-8-23(9-7-20)28(45)39-29-40-42-43-41-29/h4,6-13,16-18H,1-3,5,15,19H2,(H,37,38)(H2,39,40,41,42,43,45). The molecule has 0 atom stereocenters. The van der Waals surface area contributed by atoms with E-state index in [9.17, 15) is 23.2 Å². The predicted molar refractivity (Wildman–Crippen MR) is 168 cm³/mol. The minimum atomic E-state index is -4.56. The summed E-state index contributed by atoms with van der Waals surface area (Å²) in [6.07, 6.45) is 2.02. The number of carbonyl (C=O) groups excluding carboxylic acids is 1. The number of aromatic amines is 1. The van der Waals surface area contributed by atoms with Gasteiger partial charge < -0.3 is 10.2 Å². The number of hydrogen-bond donors (Lipinski definition) is 3. The molecule has 5 rings (SSSR count). The van der Waals surface area contributed by atoms with Gasteiger partial charge in [-0.1, -0.05) is 51.4 Å². The normalized spacial score (nSPS) is 13.5. The molecule has 1 aliphatic rings. The summed E-state index contributed by atoms with van der Waals surface area (Å²) in [4.78, 5) is 18.8. The Morgan fingerprint density at radius 3 is 2.49 bits per heavy atom. The summed E-state index contributed by atoms with van der Waals surface area (Å²) in [5.41, 5.74) is 3.48. The summed E-state index contributed by atoms with van der Waals surface area (Å²) >= 11 is 3.17. The van der Waals surface area contributed by atoms with Crippen molar-refractivity contribution in [3.05, 3.63) is 99.5 Å². The molecular formula is C31H27BrF3N9O. The lowest BCUT2D eigenvalue weighted by Crippen LogP contribution is -2.36. The maximum Gasteiger partial charge on any atom is 0.416 e. The Kier molecular flexibility index (Phi) is 9.89. The summed E-state index contributed by atoms with van der Waals surface area (Å²) in [5, 5.41) is 28.0. The van der Waals surface area contributed by atoms with Crippen molar-refractivity contribution < 1.29 is 18.0 Å². The molecule has 0 radical (unpaired) electrons. The van der Waals surface area contributed by atoms with Crippen LogP contribution in [0.4, 0.5) is 30.5 Å². The van der Waals surface area contributed by atoms with E-state index in [4.69, 9.17) is 0 Å². The number of aliphatic imine (C=N–C) groups is 1. The third-order valence-corrected chi connectivity index (χ3v) is 7.46. The van der Waals surface area contributed by atoms with Gasteiger partial charge >= 0.3 is 6.18 Å². The largest absolute Gasteiger partial charge is 0.416 e. The van der Waals surface area contributed by atoms with E-state index in [1.807, 2.05) is 30.3 Å². The number of nitrogens with zero attached hydrogens (tertiary/aromatic N) is 6. The highest BCUT2D eigenvalue weighted by Crippen LogP contribution is 2.34. The maximum atomic E-state index is 13.6. The molecule has 10 nitrogen and oxygen atoms in total. The summed E-state index contributed by atoms with van der Waals surface area (Å²) in [7, 11) is 0. The third-order valence-electron chi connectivity index (χ3n) is 7.00. The molecule has 1 heterocycles. The van der Waals surface area contributed by atoms with Crippen molar-refractivity contribution in [1.82, 2.24) is 20.6 Å². The highest BCUT2D eigenvalue weighted by Gasteiger charge is 2.31. The van der Waals surface area contributed by atoms with Crippen molar-refractivity contribution >= 4 is 50.7 Å². The third kappa shape index (κ3) is 8.33. The van der Waals surface area contributed by atoms with Gasteiger partial charge in [0.25, 0.3) is 11.9 Å². The Balaban J connectivity index is 1.48. The van der Waals surface area contributed by atoms with Gasteiger partial charge in [0.2, 0.25) is 5.96 Å². The van der Waals surface area contributed by atoms with Crippen LogP contribution in [0.3, 0.4) is 0 Å². The molecule has 3 aromatic carbocycles. The zero-order valence-corrected chi connectivity index (χ0v) is 25.4. The number of anilines is 3. The number of aromatic nitrogens is 4. The molecule has 0 saturated heterocycles. The molecule has 45 heavy (non-hydrogen) atoms. The molecule has 0 bridgehead atoms. The number of rotatable bonds is 8. The second-order valence-electron chi connectivity index (χ2n) is 10.1. The van der Waals surface area contributed by atoms with Gasteiger partial charge in [0, 0.05) is 21.4 Å². The number of guanidine groups is 1. The van der Waals surface area contributed by atoms with Crippen molar-refractivity contribution in [3.8, 4) is 6.07 Å². The van der Waals surface area contributed by atoms with E-state index in [2.05, 4.69) is 58.3 Å². The van der Waals surface area contributed by atoms with E-state index in [-0.39, 0.29) is 35.2 Å². The number of halogens is 4. The molecular weight excluding hydrogens is 651 g/mol. The van der Waals surface area contributed by atoms with E-state index in [1.54, 1.807) is 29.2 Å². The molecule has 3 N–H and O–H groups in total. The van der Waals surface area contributed by atoms with Crippen LogP contribution in [0.15, 0.2) is 82.3 Å². The van der Waals surface area contributed by atoms with Gasteiger partial charge in [0.05, 0.1) is 18.2 Å². The molecule has 0 aliphatic heterocycles. The number of tetrazole rings is 1. The number of alkyl halides is 3. The van der Waals surface area contributed by atoms with Crippen LogP contribution in [0, 0.1) is 11.3 Å². The molecule has 0 saturated carbocycles. The fourth-order valence-corrected chi connectivity index (χ4v) is 5.33. The average Bonchev–Trinajstić information content (AvgIpc) is 3.55. The van der Waals surface area contributed by atoms with Crippen LogP contribution in [0.5, 0.6) is 0 Å². The van der Waals surface area contributed by atoms with E-state index in [1.165, 1.54) is 18.1 Å². The summed E-state index contributed by atoms with van der Waals surface area (Å²) in [6.45, 7) is -0.0225. The lowest BCUT2D eigenvalue weighted by molar-refractivity contribution is -0.137. The Labute approximate surface area is 265 Å². The van der Waals surface area contributed by atoms with Gasteiger partial charge in [-0.3, -0.25) is 10.1 Å². The van der Waals surface area contributed by atoms with Crippen molar-refractivity contribution in [3.63, 3.8) is 0 Å². The molecule has 4 aromatic rings. The highest BCUT2D eigenvalue weighted by molar-refractivity contribution is 9.10. The fourth-order valence-electron chi connectivity index (χ4n) is 4.83. The van der Waals surface area contributed by atoms with Crippen molar-refractivity contribution in [2.45, 2.75) is 38.4 Å². The second kappa shape index (κ2) is 14.2. The van der Waals surface area contributed by atoms with Gasteiger partial charge in [-0.25, -0.2) is 4.99 Å². The summed E-state index contributed by atoms with van der Waals surface area (Å²) < 4.78 is 41.1. The predicted octanol–water partition coefficient (Wildman–Crippen LogP) is 7.19. The smallest absolute Gasteiger partial charge is 0.326 e. The SMILES string of the molecule is N#CCN=C(Nc1cc(Br)cc(C(F)(F)F)c1)N(Cc1ccc(C(=O)Nc2nn[nH]n2)cc1)c1ccc(C2=CCCCC2)cc1. The Hall–Kier alpha value is -5.03. The van der Waals surface area contributed by atoms with Crippen LogP contribution >= 0.6 is 15.9 Å². The number of nitriles is 1. The van der Waals surface area contributed by atoms with Crippen molar-refractivity contribution in [2.75, 3.05) is 22.1 Å². The first-order valence-electron chi connectivity index (χ1n) is 14.0. The van der Waals surface area contributed by atoms with Crippen LogP contribution in [0.1, 0.15) is 52.7 Å². The van der Waals surface area contributed by atoms with Crippen LogP contribution in [-0.4, -0.2) is 39.0 Å². The molecule has 14 heteroatoms. The second-order valence-corrected chi connectivity index (χ2v) is 11.1. The Morgan fingerprint density at radius 1 is 1.07 bits per heavy atom. The summed E-state index contributed by atoms with van der Waals surface area (Å²) in [6, 6.07) is 20.1. The summed E-state index contributed by atoms with van der Waals surface area (Å²) in [5.74, 6) is -0.222. The van der Waals surface area contributed by atoms with Crippen LogP contribution in [-0.2, 0) is 12.7 Å². The molecule has 1 amide bonds. The minimum Gasteiger partial charge on any atom is -0.326 e. The topological polar surface area (TPSA) is 135 Å². The number of benzene rings is 3. The first kappa shape index (κ1) is 31.4. The van der Waals surface area contributed by atoms with Crippen molar-refractivity contribution in [1.29, 1.82) is 5.26 Å². The molecule has 230 valence electrons. The first-order chi connectivity index (χ1) is 21.7. The number of hydrogen-bond acceptors (Lipinski definition) is 6. The number of amides is 1. The van der Waals surface area contributed by atoms with Crippen molar-refractivity contribution in [2.24, 2.45) is 4.99 Å². The molecule has 1 aromatic heterocycles. The fraction of sp³-hybridized carbons (Fsp3) is 0.226. The van der Waals surface area contributed by atoms with Crippen LogP contribution < -0.4 is 15.5 Å². The van der Waals surface area contributed by atoms with Gasteiger partial charge in [-0.15, -0.1) is 5.10 Å². The minimum absolute atomic E-state index is 0.0355. The molecule has 0 unspecified atom stereocenters. The maximum absolute atomic E-state index is 13.6. The van der Waals surface area contributed by atoms with Crippen LogP contribution in [0.2, 0.25) is 0 Å². The van der Waals surface area contributed by atoms with Gasteiger partial charge in [0.15, 0.2) is 0 Å². The lowest BCUT2D eigenvalue weighted by atomic mass is 9.93. The lowest BCUT2D eigenvalue weighted by Gasteiger charge is -2.28. The molecule has 0 fully saturated rings. The van der Waals surface area contributed by atoms with E-state index in [0.717, 1.165) is 42.5 Å². The Bertz CT molecular complexity index is 1730. The number of nitrogens with one attached hydrogen (secondary N) is 3. The Morgan fingerprint density at radius 2 is 1.84 bits per heavy atom. The first-order valence-corrected chi connectivity index (χ1v) is 14.8. The monoisotopic (exact) mass is 677 g/mol. The quantitative estimate of drug-likeness (QED) is 0.102. The zero-order valence-electron chi connectivity index (χ0n) is 23.8.